The van der Waals surface area contributed by atoms with Gasteiger partial charge in [-0.25, -0.2) is 4.79 Å². The number of carbonyl (C=O) groups excluding carboxylic acids is 1. The molecule has 6 heteroatoms. The van der Waals surface area contributed by atoms with Gasteiger partial charge in [-0.2, -0.15) is 3.96 Å². The average molecular weight is 388 g/mol. The SMILES string of the molecule is C=C(CNC(=O)n1sc2/c(c1=O)=C\C=C/[C@H](C)C/C=2)N(/C=C\C)CCCC. The van der Waals surface area contributed by atoms with E-state index in [0.29, 0.717) is 17.7 Å². The molecule has 0 saturated heterocycles. The summed E-state index contributed by atoms with van der Waals surface area (Å²) in [5.41, 5.74) is 0.526. The number of hydrogen-bond donors (Lipinski definition) is 1. The van der Waals surface area contributed by atoms with E-state index in [1.807, 2.05) is 36.3 Å². The zero-order chi connectivity index (χ0) is 19.8. The lowest BCUT2D eigenvalue weighted by molar-refractivity contribution is 0.244. The topological polar surface area (TPSA) is 54.3 Å². The molecule has 1 aliphatic rings. The standard InChI is InChI=1S/C21H29N3O2S/c1-5-7-14-23(13-6-2)17(4)15-22-21(26)24-20(25)18-10-8-9-16(3)11-12-19(18)27-24/h6,8-10,12-13,16H,4-5,7,11,14-15H2,1-3H3,(H,22,26)/b9-8-,13-6-,18-10+,19-12-/t16-/m0/s1. The Bertz CT molecular complexity index is 905. The van der Waals surface area contributed by atoms with Gasteiger partial charge in [0.2, 0.25) is 0 Å². The molecule has 1 atom stereocenters. The Morgan fingerprint density at radius 1 is 1.52 bits per heavy atom. The van der Waals surface area contributed by atoms with Crippen LogP contribution >= 0.6 is 11.5 Å². The number of fused-ring (bicyclic) bond motifs is 1. The van der Waals surface area contributed by atoms with E-state index < -0.39 is 6.03 Å². The number of aromatic nitrogens is 1. The van der Waals surface area contributed by atoms with Crippen LogP contribution in [0.1, 0.15) is 40.0 Å². The zero-order valence-corrected chi connectivity index (χ0v) is 17.2. The molecule has 0 aromatic carbocycles. The minimum Gasteiger partial charge on any atom is -0.351 e. The van der Waals surface area contributed by atoms with Crippen molar-refractivity contribution in [2.75, 3.05) is 13.1 Å². The van der Waals surface area contributed by atoms with Gasteiger partial charge in [0.25, 0.3) is 5.56 Å². The molecule has 0 bridgehead atoms. The van der Waals surface area contributed by atoms with Crippen molar-refractivity contribution in [1.29, 1.82) is 0 Å². The maximum atomic E-state index is 12.6. The van der Waals surface area contributed by atoms with Crippen molar-refractivity contribution in [3.05, 3.63) is 56.8 Å². The summed E-state index contributed by atoms with van der Waals surface area (Å²) in [6, 6.07) is -0.410. The van der Waals surface area contributed by atoms with Crippen LogP contribution in [0.3, 0.4) is 0 Å². The molecular formula is C21H29N3O2S. The van der Waals surface area contributed by atoms with E-state index >= 15 is 0 Å². The molecule has 0 aliphatic heterocycles. The lowest BCUT2D eigenvalue weighted by Crippen LogP contribution is -2.41. The van der Waals surface area contributed by atoms with Crippen molar-refractivity contribution < 1.29 is 4.79 Å². The average Bonchev–Trinajstić information content (AvgIpc) is 2.94. The third kappa shape index (κ3) is 5.57. The first-order chi connectivity index (χ1) is 13.0. The molecule has 5 nitrogen and oxygen atoms in total. The molecule has 27 heavy (non-hydrogen) atoms. The highest BCUT2D eigenvalue weighted by atomic mass is 32.1. The van der Waals surface area contributed by atoms with Crippen molar-refractivity contribution in [3.63, 3.8) is 0 Å². The van der Waals surface area contributed by atoms with Crippen LogP contribution in [0.4, 0.5) is 4.79 Å². The zero-order valence-electron chi connectivity index (χ0n) is 16.4. The maximum absolute atomic E-state index is 12.6. The predicted molar refractivity (Wildman–Crippen MR) is 114 cm³/mol. The Kier molecular flexibility index (Phi) is 7.85. The second kappa shape index (κ2) is 10.1. The van der Waals surface area contributed by atoms with E-state index in [2.05, 4.69) is 31.8 Å². The number of rotatable bonds is 7. The van der Waals surface area contributed by atoms with E-state index in [1.165, 1.54) is 15.5 Å². The second-order valence-corrected chi connectivity index (χ2v) is 7.68. The molecule has 146 valence electrons. The maximum Gasteiger partial charge on any atom is 0.338 e. The Labute approximate surface area is 164 Å². The molecule has 1 aromatic heterocycles. The number of unbranched alkanes of at least 4 members (excludes halogenated alkanes) is 1. The third-order valence-corrected chi connectivity index (χ3v) is 5.46. The monoisotopic (exact) mass is 387 g/mol. The van der Waals surface area contributed by atoms with Crippen molar-refractivity contribution >= 4 is 29.7 Å². The molecule has 0 saturated carbocycles. The van der Waals surface area contributed by atoms with Crippen LogP contribution in [0.5, 0.6) is 0 Å². The Hall–Kier alpha value is -2.34. The summed E-state index contributed by atoms with van der Waals surface area (Å²) in [5.74, 6) is 0.415. The van der Waals surface area contributed by atoms with Crippen LogP contribution in [0.25, 0.3) is 12.2 Å². The van der Waals surface area contributed by atoms with Crippen LogP contribution in [0, 0.1) is 5.92 Å². The summed E-state index contributed by atoms with van der Waals surface area (Å²) in [5, 5.41) is 3.40. The van der Waals surface area contributed by atoms with E-state index in [0.717, 1.165) is 36.0 Å². The summed E-state index contributed by atoms with van der Waals surface area (Å²) >= 11 is 1.19. The van der Waals surface area contributed by atoms with E-state index in [-0.39, 0.29) is 5.56 Å². The predicted octanol–water partition coefficient (Wildman–Crippen LogP) is 2.77. The van der Waals surface area contributed by atoms with E-state index in [4.69, 9.17) is 0 Å². The van der Waals surface area contributed by atoms with Crippen molar-refractivity contribution in [2.45, 2.75) is 40.0 Å². The molecular weight excluding hydrogens is 358 g/mol. The highest BCUT2D eigenvalue weighted by Crippen LogP contribution is 2.06. The summed E-state index contributed by atoms with van der Waals surface area (Å²) in [4.78, 5) is 27.2. The van der Waals surface area contributed by atoms with Gasteiger partial charge in [0.05, 0.1) is 16.3 Å². The molecule has 1 heterocycles. The molecule has 0 spiro atoms. The van der Waals surface area contributed by atoms with Crippen molar-refractivity contribution in [1.82, 2.24) is 14.2 Å². The fourth-order valence-electron chi connectivity index (χ4n) is 2.75. The Morgan fingerprint density at radius 2 is 2.30 bits per heavy atom. The molecule has 0 unspecified atom stereocenters. The first kappa shape index (κ1) is 21.0. The number of allylic oxidation sites excluding steroid dienone is 3. The minimum atomic E-state index is -0.410. The highest BCUT2D eigenvalue weighted by molar-refractivity contribution is 7.05. The summed E-state index contributed by atoms with van der Waals surface area (Å²) < 4.78 is 2.05. The van der Waals surface area contributed by atoms with Gasteiger partial charge in [-0.3, -0.25) is 4.79 Å². The Morgan fingerprint density at radius 3 is 3.00 bits per heavy atom. The fraction of sp³-hybridized carbons (Fsp3) is 0.429. The van der Waals surface area contributed by atoms with Gasteiger partial charge in [0.15, 0.2) is 0 Å². The van der Waals surface area contributed by atoms with Crippen LogP contribution in [0.2, 0.25) is 0 Å². The molecule has 1 aliphatic carbocycles. The molecule has 1 aromatic rings. The molecule has 0 radical (unpaired) electrons. The molecule has 2 rings (SSSR count). The Balaban J connectivity index is 2.13. The largest absolute Gasteiger partial charge is 0.351 e. The van der Waals surface area contributed by atoms with Gasteiger partial charge in [-0.15, -0.1) is 0 Å². The first-order valence-electron chi connectivity index (χ1n) is 9.44. The van der Waals surface area contributed by atoms with Crippen LogP contribution < -0.4 is 20.6 Å². The summed E-state index contributed by atoms with van der Waals surface area (Å²) in [7, 11) is 0. The van der Waals surface area contributed by atoms with Gasteiger partial charge in [0, 0.05) is 12.2 Å². The molecule has 1 N–H and O–H groups in total. The van der Waals surface area contributed by atoms with Crippen LogP contribution in [-0.4, -0.2) is 28.0 Å². The summed E-state index contributed by atoms with van der Waals surface area (Å²) in [6.07, 6.45) is 14.7. The van der Waals surface area contributed by atoms with E-state index in [1.54, 1.807) is 6.08 Å². The van der Waals surface area contributed by atoms with Gasteiger partial charge in [0.1, 0.15) is 0 Å². The number of nitrogens with one attached hydrogen (secondary N) is 1. The van der Waals surface area contributed by atoms with Crippen LogP contribution in [0.15, 0.2) is 41.5 Å². The minimum absolute atomic E-state index is 0.273. The third-order valence-electron chi connectivity index (χ3n) is 4.36. The van der Waals surface area contributed by atoms with Crippen molar-refractivity contribution in [3.8, 4) is 0 Å². The second-order valence-electron chi connectivity index (χ2n) is 6.69. The number of carbonyl (C=O) groups is 1. The number of hydrogen-bond acceptors (Lipinski definition) is 4. The van der Waals surface area contributed by atoms with Crippen molar-refractivity contribution in [2.24, 2.45) is 5.92 Å². The van der Waals surface area contributed by atoms with E-state index in [9.17, 15) is 9.59 Å². The van der Waals surface area contributed by atoms with Gasteiger partial charge in [-0.05, 0) is 49.5 Å². The van der Waals surface area contributed by atoms with Gasteiger partial charge in [-0.1, -0.05) is 51.2 Å². The smallest absolute Gasteiger partial charge is 0.338 e. The normalized spacial score (nSPS) is 19.7. The van der Waals surface area contributed by atoms with Gasteiger partial charge >= 0.3 is 6.03 Å². The fourth-order valence-corrected chi connectivity index (χ4v) is 3.70. The lowest BCUT2D eigenvalue weighted by Gasteiger charge is -2.22. The quantitative estimate of drug-likeness (QED) is 0.783. The van der Waals surface area contributed by atoms with Crippen LogP contribution in [-0.2, 0) is 0 Å². The summed E-state index contributed by atoms with van der Waals surface area (Å²) in [6.45, 7) is 11.4. The highest BCUT2D eigenvalue weighted by Gasteiger charge is 2.13. The number of amides is 1. The first-order valence-corrected chi connectivity index (χ1v) is 10.2. The molecule has 1 amide bonds. The molecule has 0 fully saturated rings. The number of nitrogens with zero attached hydrogens (tertiary/aromatic N) is 2. The van der Waals surface area contributed by atoms with Gasteiger partial charge < -0.3 is 10.2 Å². The lowest BCUT2D eigenvalue weighted by atomic mass is 10.1.